The zero-order valence-corrected chi connectivity index (χ0v) is 14.0. The van der Waals surface area contributed by atoms with Gasteiger partial charge >= 0.3 is 12.1 Å². The number of rotatable bonds is 4. The molecule has 1 aromatic heterocycles. The molecule has 0 saturated heterocycles. The summed E-state index contributed by atoms with van der Waals surface area (Å²) in [5.41, 5.74) is -1.93. The van der Waals surface area contributed by atoms with Crippen molar-refractivity contribution in [1.82, 2.24) is 9.78 Å². The van der Waals surface area contributed by atoms with Gasteiger partial charge < -0.3 is 10.4 Å². The Morgan fingerprint density at radius 2 is 1.93 bits per heavy atom. The molecule has 9 heteroatoms. The normalized spacial score (nSPS) is 23.7. The Kier molecular flexibility index (Phi) is 3.97. The van der Waals surface area contributed by atoms with Gasteiger partial charge in [0.1, 0.15) is 5.56 Å². The minimum absolute atomic E-state index is 0.0172. The Morgan fingerprint density at radius 1 is 1.22 bits per heavy atom. The van der Waals surface area contributed by atoms with E-state index in [4.69, 9.17) is 5.11 Å². The van der Waals surface area contributed by atoms with Crippen LogP contribution in [0.4, 0.5) is 18.9 Å². The molecule has 2 aliphatic carbocycles. The molecule has 142 valence electrons. The third-order valence-electron chi connectivity index (χ3n) is 5.34. The van der Waals surface area contributed by atoms with E-state index in [0.29, 0.717) is 28.4 Å². The van der Waals surface area contributed by atoms with E-state index in [1.165, 1.54) is 18.2 Å². The Labute approximate surface area is 152 Å². The number of anilines is 1. The van der Waals surface area contributed by atoms with Crippen molar-refractivity contribution in [2.75, 3.05) is 5.32 Å². The lowest BCUT2D eigenvalue weighted by Crippen LogP contribution is -2.18. The van der Waals surface area contributed by atoms with Gasteiger partial charge in [-0.2, -0.15) is 18.3 Å². The maximum Gasteiger partial charge on any atom is 0.434 e. The van der Waals surface area contributed by atoms with Gasteiger partial charge in [0.25, 0.3) is 0 Å². The summed E-state index contributed by atoms with van der Waals surface area (Å²) in [4.78, 5) is 23.5. The van der Waals surface area contributed by atoms with Crippen LogP contribution >= 0.6 is 0 Å². The van der Waals surface area contributed by atoms with Gasteiger partial charge in [0.05, 0.1) is 11.9 Å². The number of alkyl halides is 3. The molecule has 0 radical (unpaired) electrons. The zero-order valence-electron chi connectivity index (χ0n) is 14.0. The lowest BCUT2D eigenvalue weighted by molar-refractivity contribution is -0.143. The van der Waals surface area contributed by atoms with Crippen molar-refractivity contribution < 1.29 is 27.9 Å². The molecule has 2 saturated carbocycles. The molecular formula is C18H16F3N3O3. The first-order valence-corrected chi connectivity index (χ1v) is 8.57. The second kappa shape index (κ2) is 6.11. The molecule has 2 atom stereocenters. The SMILES string of the molecule is O=C(O)c1cnn(-c2cccc(NC(=O)C3C4CCCC43)c2)c1C(F)(F)F. The van der Waals surface area contributed by atoms with E-state index in [0.717, 1.165) is 19.3 Å². The third-order valence-corrected chi connectivity index (χ3v) is 5.34. The number of benzene rings is 1. The molecule has 0 aliphatic heterocycles. The fraction of sp³-hybridized carbons (Fsp3) is 0.389. The van der Waals surface area contributed by atoms with Crippen molar-refractivity contribution in [3.8, 4) is 5.69 Å². The summed E-state index contributed by atoms with van der Waals surface area (Å²) in [6, 6.07) is 5.79. The molecule has 2 unspecified atom stereocenters. The number of aromatic nitrogens is 2. The molecule has 1 amide bonds. The molecule has 27 heavy (non-hydrogen) atoms. The predicted octanol–water partition coefficient (Wildman–Crippen LogP) is 3.57. The van der Waals surface area contributed by atoms with Crippen molar-refractivity contribution in [1.29, 1.82) is 0 Å². The van der Waals surface area contributed by atoms with Crippen LogP contribution in [0.1, 0.15) is 35.3 Å². The van der Waals surface area contributed by atoms with Crippen molar-refractivity contribution in [2.24, 2.45) is 17.8 Å². The maximum absolute atomic E-state index is 13.4. The smallest absolute Gasteiger partial charge is 0.434 e. The van der Waals surface area contributed by atoms with E-state index in [9.17, 15) is 22.8 Å². The van der Waals surface area contributed by atoms with Gasteiger partial charge in [-0.3, -0.25) is 4.79 Å². The lowest BCUT2D eigenvalue weighted by Gasteiger charge is -2.13. The van der Waals surface area contributed by atoms with Gasteiger partial charge in [0, 0.05) is 11.6 Å². The van der Waals surface area contributed by atoms with Crippen molar-refractivity contribution in [2.45, 2.75) is 25.4 Å². The van der Waals surface area contributed by atoms with E-state index in [-0.39, 0.29) is 17.5 Å². The Hall–Kier alpha value is -2.84. The number of carbonyl (C=O) groups is 2. The highest BCUT2D eigenvalue weighted by Crippen LogP contribution is 2.57. The van der Waals surface area contributed by atoms with Crippen LogP contribution in [0.3, 0.4) is 0 Å². The molecule has 2 aliphatic rings. The maximum atomic E-state index is 13.4. The summed E-state index contributed by atoms with van der Waals surface area (Å²) in [5, 5.41) is 15.3. The number of nitrogens with one attached hydrogen (secondary N) is 1. The molecule has 2 aromatic rings. The van der Waals surface area contributed by atoms with Crippen molar-refractivity contribution in [3.63, 3.8) is 0 Å². The average molecular weight is 379 g/mol. The van der Waals surface area contributed by atoms with E-state index < -0.39 is 23.4 Å². The van der Waals surface area contributed by atoms with Crippen LogP contribution in [-0.2, 0) is 11.0 Å². The highest BCUT2D eigenvalue weighted by atomic mass is 19.4. The van der Waals surface area contributed by atoms with E-state index >= 15 is 0 Å². The lowest BCUT2D eigenvalue weighted by atomic mass is 10.1. The van der Waals surface area contributed by atoms with Gasteiger partial charge in [-0.25, -0.2) is 9.48 Å². The monoisotopic (exact) mass is 379 g/mol. The number of carboxylic acids is 1. The first kappa shape index (κ1) is 17.6. The summed E-state index contributed by atoms with van der Waals surface area (Å²) in [7, 11) is 0. The molecule has 2 N–H and O–H groups in total. The second-order valence-corrected chi connectivity index (χ2v) is 6.95. The first-order valence-electron chi connectivity index (χ1n) is 8.57. The molecule has 4 rings (SSSR count). The number of amides is 1. The second-order valence-electron chi connectivity index (χ2n) is 6.95. The Bertz CT molecular complexity index is 912. The number of carboxylic acid groups (broad SMARTS) is 1. The number of halogens is 3. The predicted molar refractivity (Wildman–Crippen MR) is 88.5 cm³/mol. The zero-order chi connectivity index (χ0) is 19.3. The Morgan fingerprint density at radius 3 is 2.56 bits per heavy atom. The molecule has 1 heterocycles. The summed E-state index contributed by atoms with van der Waals surface area (Å²) in [6.45, 7) is 0. The summed E-state index contributed by atoms with van der Waals surface area (Å²) in [5.74, 6) is -0.997. The molecule has 0 bridgehead atoms. The fourth-order valence-electron chi connectivity index (χ4n) is 4.12. The van der Waals surface area contributed by atoms with Crippen LogP contribution in [0, 0.1) is 17.8 Å². The first-order chi connectivity index (χ1) is 12.8. The molecule has 0 spiro atoms. The van der Waals surface area contributed by atoms with E-state index in [1.807, 2.05) is 0 Å². The molecule has 6 nitrogen and oxygen atoms in total. The average Bonchev–Trinajstić information content (AvgIpc) is 2.98. The van der Waals surface area contributed by atoms with Crippen LogP contribution in [0.15, 0.2) is 30.5 Å². The number of nitrogens with zero attached hydrogens (tertiary/aromatic N) is 2. The number of hydrogen-bond acceptors (Lipinski definition) is 3. The van der Waals surface area contributed by atoms with Gasteiger partial charge in [-0.15, -0.1) is 0 Å². The number of hydrogen-bond donors (Lipinski definition) is 2. The van der Waals surface area contributed by atoms with Crippen LogP contribution in [0.25, 0.3) is 5.69 Å². The van der Waals surface area contributed by atoms with Gasteiger partial charge in [0.15, 0.2) is 5.69 Å². The number of aromatic carboxylic acids is 1. The topological polar surface area (TPSA) is 84.2 Å². The minimum atomic E-state index is -4.89. The van der Waals surface area contributed by atoms with Gasteiger partial charge in [-0.05, 0) is 42.9 Å². The van der Waals surface area contributed by atoms with E-state index in [1.54, 1.807) is 6.07 Å². The summed E-state index contributed by atoms with van der Waals surface area (Å²) in [6.07, 6.45) is -0.997. The van der Waals surface area contributed by atoms with Gasteiger partial charge in [-0.1, -0.05) is 12.5 Å². The fourth-order valence-corrected chi connectivity index (χ4v) is 4.12. The van der Waals surface area contributed by atoms with Crippen molar-refractivity contribution in [3.05, 3.63) is 41.7 Å². The largest absolute Gasteiger partial charge is 0.478 e. The Balaban J connectivity index is 1.61. The number of carbonyl (C=O) groups excluding carboxylic acids is 1. The van der Waals surface area contributed by atoms with Gasteiger partial charge in [0.2, 0.25) is 5.91 Å². The quantitative estimate of drug-likeness (QED) is 0.851. The van der Waals surface area contributed by atoms with Crippen LogP contribution in [-0.4, -0.2) is 26.8 Å². The number of fused-ring (bicyclic) bond motifs is 1. The van der Waals surface area contributed by atoms with Crippen LogP contribution < -0.4 is 5.32 Å². The minimum Gasteiger partial charge on any atom is -0.478 e. The molecule has 1 aromatic carbocycles. The van der Waals surface area contributed by atoms with Crippen molar-refractivity contribution >= 4 is 17.6 Å². The van der Waals surface area contributed by atoms with E-state index in [2.05, 4.69) is 10.4 Å². The molecular weight excluding hydrogens is 363 g/mol. The molecule has 2 fully saturated rings. The summed E-state index contributed by atoms with van der Waals surface area (Å²) >= 11 is 0. The third kappa shape index (κ3) is 3.07. The highest BCUT2D eigenvalue weighted by molar-refractivity contribution is 5.95. The highest BCUT2D eigenvalue weighted by Gasteiger charge is 2.56. The summed E-state index contributed by atoms with van der Waals surface area (Å²) < 4.78 is 40.6. The standard InChI is InChI=1S/C18H16F3N3O3/c19-18(20,21)15-13(17(26)27)8-22-24(15)10-4-1-3-9(7-10)23-16(25)14-11-5-2-6-12(11)14/h1,3-4,7-8,11-12,14H,2,5-6H2,(H,23,25)(H,26,27). The van der Waals surface area contributed by atoms with Crippen LogP contribution in [0.5, 0.6) is 0 Å². The van der Waals surface area contributed by atoms with Crippen LogP contribution in [0.2, 0.25) is 0 Å².